The predicted octanol–water partition coefficient (Wildman–Crippen LogP) is 6.01. The summed E-state index contributed by atoms with van der Waals surface area (Å²) < 4.78 is 44.5. The minimum atomic E-state index is -3.22. The number of aliphatic hydroxyl groups excluding tert-OH is 1. The predicted molar refractivity (Wildman–Crippen MR) is 473 cm³/mol. The van der Waals surface area contributed by atoms with Crippen LogP contribution in [0.1, 0.15) is 186 Å². The summed E-state index contributed by atoms with van der Waals surface area (Å²) in [5.74, 6) is -0.924. The average Bonchev–Trinajstić information content (AvgIpc) is 0.827. The molecule has 2 aromatic heterocycles. The number of halogens is 5. The van der Waals surface area contributed by atoms with Crippen LogP contribution in [0.25, 0.3) is 0 Å². The van der Waals surface area contributed by atoms with Gasteiger partial charge in [-0.15, -0.1) is 0 Å². The SMILES string of the molecule is CC(=O)CCC(=O)O.CCCC[C@H](N)CCO.CCOC(=O)C(Cc1ccccc1OC)C(=O)CCC(C)=O.CCOC(=O)CC(=O)CCC(C)=O.CCOC(=O)C[C-]=O.CCc1nc(N)[nH]c(=O)c1Cc1ccccc1OC.CCc1nc(N)nc(Cl)c1Cc1ccccc1OC.COc1ccccc1CBr.N=C(N)N.O=C=O.O=C=O.O=P(Cl)(Cl)Cl.[H-].[K+].[Na+].[OH-]. The first kappa shape index (κ1) is 136. The number of methoxy groups -OCH3 is 4. The van der Waals surface area contributed by atoms with Crippen LogP contribution in [-0.2, 0) is 123 Å². The normalized spacial score (nSPS) is 9.71. The Balaban J connectivity index is -0.000000153. The molecule has 0 spiro atoms. The van der Waals surface area contributed by atoms with E-state index in [9.17, 15) is 57.3 Å². The summed E-state index contributed by atoms with van der Waals surface area (Å²) in [4.78, 5) is 167. The van der Waals surface area contributed by atoms with Gasteiger partial charge < -0.3 is 98.1 Å². The van der Waals surface area contributed by atoms with Crippen molar-refractivity contribution in [2.75, 3.05) is 66.3 Å². The zero-order chi connectivity index (χ0) is 95.4. The van der Waals surface area contributed by atoms with Gasteiger partial charge in [-0.25, -0.2) is 15.0 Å². The van der Waals surface area contributed by atoms with Crippen molar-refractivity contribution in [2.45, 2.75) is 183 Å². The van der Waals surface area contributed by atoms with E-state index >= 15 is 0 Å². The molecule has 6 aromatic rings. The van der Waals surface area contributed by atoms with Crippen LogP contribution in [0, 0.1) is 11.3 Å². The number of para-hydroxylation sites is 4. The zero-order valence-electron chi connectivity index (χ0n) is 74.7. The molecule has 6 rings (SSSR count). The third-order valence-corrected chi connectivity index (χ3v) is 15.6. The number of carbonyl (C=O) groups is 9. The van der Waals surface area contributed by atoms with Crippen LogP contribution in [0.5, 0.6) is 23.0 Å². The van der Waals surface area contributed by atoms with E-state index in [2.05, 4.69) is 97.5 Å². The van der Waals surface area contributed by atoms with Gasteiger partial charge in [-0.3, -0.25) is 54.8 Å². The molecular formula is C82H117BrCl4KN10NaO26P-. The Labute approximate surface area is 828 Å². The molecule has 36 nitrogen and oxygen atoms in total. The first-order chi connectivity index (χ1) is 58.0. The second-order valence-corrected chi connectivity index (χ2v) is 31.7. The van der Waals surface area contributed by atoms with Crippen LogP contribution in [-0.4, -0.2) is 174 Å². The molecule has 0 aliphatic rings. The number of aliphatic carboxylic acids is 1. The van der Waals surface area contributed by atoms with Crippen LogP contribution in [0.15, 0.2) is 102 Å². The summed E-state index contributed by atoms with van der Waals surface area (Å²) >= 11 is 23.4. The Bertz CT molecular complexity index is 4250. The monoisotopic (exact) mass is 1970 g/mol. The summed E-state index contributed by atoms with van der Waals surface area (Å²) in [6, 6.07) is 30.9. The molecule has 2 heterocycles. The number of carbonyl (C=O) groups excluding carboxylic acids is 13. The molecule has 694 valence electrons. The number of esters is 3. The van der Waals surface area contributed by atoms with Gasteiger partial charge >= 0.3 is 116 Å². The van der Waals surface area contributed by atoms with Crippen molar-refractivity contribution < 1.29 is 203 Å². The molecule has 1 unspecified atom stereocenters. The standard InChI is InChI=1S/C17H22O5.C14H16ClN3O.C14H17N3O2.C9H14O4.C8H9BrO.C7H17NO.C5H8O3.C5H7O3.CH5N3.2CO2.Cl3OP.K.Na.H2O.H/c1-4-22-17(20)14(15(19)10-9-12(2)18)11-13-7-5-6-8-16(13)21-3;1-3-11-10(13(15)18-14(16)17-11)8-9-6-4-5-7-12(9)19-2;1-3-11-10(13(18)17-14(15)16-11)8-9-6-4-5-7-12(9)19-2;1-3-13-9(12)6-8(11)5-4-7(2)10;1-10-8-5-3-2-4-7(8)6-9;1-2-3-4-7(8)5-6-9;1-4(6)2-3-5(7)8;1-2-8-5(7)3-4-6;2-1(3)4;2*2-1-3;1-5(2,3)4;;;;/h5-8,14H,4,9-11H2,1-3H3;4-7H,3,8H2,1-2H3,(H2,16,17,18);4-7H,3,8H2,1-2H3,(H3,15,16,17,18);3-6H2,1-2H3;2-5H,6H2,1H3;7,9H,2-6,8H2,1H3;2-3H2,1H3,(H,7,8);2-3H2,1H3;(H5,2,3,4);;;;;;1H2;/q;;;;;;;-1;;;;;2*+1;;-1/p-1/t;;;;;7-;;;;;;;;;;/m.....0........../s1. The fourth-order valence-electron chi connectivity index (χ4n) is 9.16. The summed E-state index contributed by atoms with van der Waals surface area (Å²) in [6.07, 6.45) is 9.01. The molecule has 126 heavy (non-hydrogen) atoms. The number of nitrogens with two attached hydrogens (primary N) is 5. The van der Waals surface area contributed by atoms with Gasteiger partial charge in [0.15, 0.2) is 5.96 Å². The number of alkyl halides is 1. The average molecular weight is 1970 g/mol. The van der Waals surface area contributed by atoms with E-state index < -0.39 is 35.0 Å². The van der Waals surface area contributed by atoms with Gasteiger partial charge in [0, 0.05) is 79.6 Å². The Morgan fingerprint density at radius 3 is 1.35 bits per heavy atom. The van der Waals surface area contributed by atoms with Gasteiger partial charge in [-0.05, 0) is 148 Å². The Morgan fingerprint density at radius 2 is 0.984 bits per heavy atom. The van der Waals surface area contributed by atoms with Crippen molar-refractivity contribution >= 4 is 156 Å². The maximum Gasteiger partial charge on any atom is 1.00 e. The number of anilines is 2. The number of H-pyrrole nitrogens is 1. The number of rotatable bonds is 36. The van der Waals surface area contributed by atoms with E-state index in [0.717, 1.165) is 75.5 Å². The van der Waals surface area contributed by atoms with Gasteiger partial charge in [0.2, 0.25) is 11.9 Å². The number of nitrogen functional groups attached to an aromatic ring is 2. The third-order valence-electron chi connectivity index (χ3n) is 14.6. The topological polar surface area (TPSA) is 617 Å². The van der Waals surface area contributed by atoms with Crippen molar-refractivity contribution in [2.24, 2.45) is 23.1 Å². The van der Waals surface area contributed by atoms with E-state index in [1.807, 2.05) is 105 Å². The second kappa shape index (κ2) is 87.6. The number of carboxylic acids is 1. The Kier molecular flexibility index (Phi) is 94.5. The number of carboxylic acid groups (broad SMARTS) is 1. The minimum absolute atomic E-state index is 0. The van der Waals surface area contributed by atoms with Crippen molar-refractivity contribution in [1.82, 2.24) is 19.9 Å². The number of Topliss-reactive ketones (excluding diaryl/α,β-unsaturated/α-hetero) is 5. The zero-order valence-corrected chi connectivity index (χ0v) is 84.4. The molecule has 0 radical (unpaired) electrons. The second-order valence-electron chi connectivity index (χ2n) is 24.2. The maximum absolute atomic E-state index is 12.3. The fourth-order valence-corrected chi connectivity index (χ4v) is 9.89. The molecule has 15 N–H and O–H groups in total. The summed E-state index contributed by atoms with van der Waals surface area (Å²) in [5.41, 5.74) is 32.7. The van der Waals surface area contributed by atoms with Crippen molar-refractivity contribution in [1.29, 1.82) is 5.41 Å². The van der Waals surface area contributed by atoms with Gasteiger partial charge in [0.1, 0.15) is 69.4 Å². The van der Waals surface area contributed by atoms with Crippen LogP contribution < -0.4 is 134 Å². The summed E-state index contributed by atoms with van der Waals surface area (Å²) in [6.45, 7) is 16.4. The van der Waals surface area contributed by atoms with Gasteiger partial charge in [-0.2, -0.15) is 19.2 Å². The van der Waals surface area contributed by atoms with Crippen LogP contribution >= 0.6 is 66.5 Å². The smallest absolute Gasteiger partial charge is 1.00 e. The molecule has 0 amide bonds. The number of nitrogens with zero attached hydrogens (tertiary/aromatic N) is 3. The molecule has 2 atom stereocenters. The largest absolute Gasteiger partial charge is 1.00 e. The summed E-state index contributed by atoms with van der Waals surface area (Å²) in [5, 5.41) is 20.6. The molecule has 0 aliphatic heterocycles. The molecule has 4 aromatic carbocycles. The van der Waals surface area contributed by atoms with E-state index in [1.54, 1.807) is 48.2 Å². The fraction of sp³-hybridized carbons (Fsp3) is 0.451. The van der Waals surface area contributed by atoms with E-state index in [0.29, 0.717) is 42.3 Å². The van der Waals surface area contributed by atoms with E-state index in [-0.39, 0.29) is 236 Å². The number of guanidine groups is 1. The third kappa shape index (κ3) is 78.2. The number of nitrogens with one attached hydrogen (secondary N) is 2. The molecule has 44 heteroatoms. The van der Waals surface area contributed by atoms with Gasteiger partial charge in [0.05, 0.1) is 66.1 Å². The molecular weight excluding hydrogens is 1860 g/mol. The van der Waals surface area contributed by atoms with Crippen LogP contribution in [0.3, 0.4) is 0 Å². The minimum Gasteiger partial charge on any atom is -1.00 e. The number of unbranched alkanes of at least 4 members (excludes halogenated alkanes) is 1. The van der Waals surface area contributed by atoms with E-state index in [1.165, 1.54) is 52.6 Å². The van der Waals surface area contributed by atoms with Gasteiger partial charge in [0.25, 0.3) is 11.5 Å². The number of aryl methyl sites for hydroxylation is 2. The quantitative estimate of drug-likeness (QED) is 0.00208. The molecule has 0 bridgehead atoms. The summed E-state index contributed by atoms with van der Waals surface area (Å²) in [7, 11) is 6.49. The van der Waals surface area contributed by atoms with Crippen molar-refractivity contribution in [3.8, 4) is 23.0 Å². The number of ether oxygens (including phenoxy) is 7. The van der Waals surface area contributed by atoms with Crippen molar-refractivity contribution in [3.63, 3.8) is 0 Å². The number of aliphatic hydroxyl groups is 1. The van der Waals surface area contributed by atoms with E-state index in [4.69, 9.17) is 87.3 Å². The van der Waals surface area contributed by atoms with Gasteiger partial charge in [-0.1, -0.05) is 140 Å². The first-order valence-electron chi connectivity index (χ1n) is 37.5. The number of ketones is 5. The number of benzene rings is 4. The first-order valence-corrected chi connectivity index (χ1v) is 43.4. The number of aromatic amines is 1. The molecule has 0 aliphatic carbocycles. The Morgan fingerprint density at radius 1 is 0.611 bits per heavy atom. The number of hydrogen-bond donors (Lipinski definition) is 9. The maximum atomic E-state index is 12.3. The Hall–Kier alpha value is -8.04. The number of aromatic nitrogens is 4. The molecule has 0 saturated carbocycles. The van der Waals surface area contributed by atoms with Crippen molar-refractivity contribution in [3.05, 3.63) is 157 Å². The van der Waals surface area contributed by atoms with Crippen LogP contribution in [0.2, 0.25) is 5.15 Å². The molecule has 0 saturated heterocycles. The molecule has 0 fully saturated rings. The number of hydrogen-bond acceptors (Lipinski definition) is 32. The van der Waals surface area contributed by atoms with Crippen LogP contribution in [0.4, 0.5) is 11.9 Å².